The smallest absolute Gasteiger partial charge is 0.410 e. The summed E-state index contributed by atoms with van der Waals surface area (Å²) < 4.78 is 5.52. The molecule has 1 saturated heterocycles. The van der Waals surface area contributed by atoms with Gasteiger partial charge in [-0.05, 0) is 43.4 Å². The van der Waals surface area contributed by atoms with Gasteiger partial charge in [0.15, 0.2) is 0 Å². The monoisotopic (exact) mass is 310 g/mol. The van der Waals surface area contributed by atoms with Crippen molar-refractivity contribution < 1.29 is 9.53 Å². The lowest BCUT2D eigenvalue weighted by molar-refractivity contribution is 0.0668. The van der Waals surface area contributed by atoms with E-state index in [0.29, 0.717) is 6.61 Å². The van der Waals surface area contributed by atoms with Gasteiger partial charge in [-0.15, -0.1) is 0 Å². The predicted molar refractivity (Wildman–Crippen MR) is 88.9 cm³/mol. The number of hydrogen-bond donors (Lipinski definition) is 0. The lowest BCUT2D eigenvalue weighted by atomic mass is 9.97. The Morgan fingerprint density at radius 3 is 2.83 bits per heavy atom. The summed E-state index contributed by atoms with van der Waals surface area (Å²) in [5, 5.41) is 0. The molecule has 4 nitrogen and oxygen atoms in total. The molecule has 1 amide bonds. The van der Waals surface area contributed by atoms with Crippen molar-refractivity contribution in [3.05, 3.63) is 65.5 Å². The second-order valence-corrected chi connectivity index (χ2v) is 5.95. The lowest BCUT2D eigenvalue weighted by Gasteiger charge is -2.35. The van der Waals surface area contributed by atoms with Gasteiger partial charge < -0.3 is 4.74 Å². The zero-order valence-corrected chi connectivity index (χ0v) is 13.4. The molecular formula is C19H22N2O2. The third-order valence-corrected chi connectivity index (χ3v) is 4.31. The summed E-state index contributed by atoms with van der Waals surface area (Å²) in [5.74, 6) is 0. The van der Waals surface area contributed by atoms with Crippen LogP contribution in [0.2, 0.25) is 0 Å². The van der Waals surface area contributed by atoms with E-state index >= 15 is 0 Å². The first-order chi connectivity index (χ1) is 11.3. The second kappa shape index (κ2) is 7.27. The number of pyridine rings is 1. The number of carbonyl (C=O) groups is 1. The van der Waals surface area contributed by atoms with Crippen LogP contribution in [-0.2, 0) is 11.3 Å². The average Bonchev–Trinajstić information content (AvgIpc) is 2.61. The Balaban J connectivity index is 1.71. The van der Waals surface area contributed by atoms with E-state index in [9.17, 15) is 4.79 Å². The van der Waals surface area contributed by atoms with Crippen LogP contribution >= 0.6 is 0 Å². The van der Waals surface area contributed by atoms with Crippen LogP contribution in [0.15, 0.2) is 48.7 Å². The van der Waals surface area contributed by atoms with E-state index in [1.165, 1.54) is 0 Å². The fourth-order valence-electron chi connectivity index (χ4n) is 3.08. The van der Waals surface area contributed by atoms with Crippen LogP contribution < -0.4 is 0 Å². The number of amides is 1. The molecule has 1 aromatic carbocycles. The minimum atomic E-state index is -0.247. The number of piperidine rings is 1. The molecule has 2 heterocycles. The van der Waals surface area contributed by atoms with Crippen LogP contribution in [0.4, 0.5) is 4.79 Å². The molecule has 0 radical (unpaired) electrons. The number of benzene rings is 1. The van der Waals surface area contributed by atoms with E-state index in [1.807, 2.05) is 54.3 Å². The van der Waals surface area contributed by atoms with E-state index in [4.69, 9.17) is 4.74 Å². The molecule has 0 saturated carbocycles. The van der Waals surface area contributed by atoms with Crippen molar-refractivity contribution in [3.63, 3.8) is 0 Å². The molecule has 120 valence electrons. The van der Waals surface area contributed by atoms with Crippen LogP contribution in [0.3, 0.4) is 0 Å². The van der Waals surface area contributed by atoms with Crippen LogP contribution in [0.25, 0.3) is 0 Å². The molecule has 23 heavy (non-hydrogen) atoms. The van der Waals surface area contributed by atoms with Gasteiger partial charge in [0.1, 0.15) is 6.61 Å². The van der Waals surface area contributed by atoms with E-state index in [-0.39, 0.29) is 12.1 Å². The Bertz CT molecular complexity index is 657. The Kier molecular flexibility index (Phi) is 4.91. The molecule has 1 aliphatic rings. The summed E-state index contributed by atoms with van der Waals surface area (Å²) in [7, 11) is 0. The van der Waals surface area contributed by atoms with Crippen molar-refractivity contribution in [2.75, 3.05) is 6.54 Å². The Morgan fingerprint density at radius 2 is 2.04 bits per heavy atom. The zero-order chi connectivity index (χ0) is 16.1. The zero-order valence-electron chi connectivity index (χ0n) is 13.4. The highest BCUT2D eigenvalue weighted by Crippen LogP contribution is 2.31. The summed E-state index contributed by atoms with van der Waals surface area (Å²) in [6.45, 7) is 3.09. The fraction of sp³-hybridized carbons (Fsp3) is 0.368. The molecule has 0 aliphatic carbocycles. The van der Waals surface area contributed by atoms with Gasteiger partial charge in [0.2, 0.25) is 0 Å². The Hall–Kier alpha value is -2.36. The highest BCUT2D eigenvalue weighted by Gasteiger charge is 2.30. The summed E-state index contributed by atoms with van der Waals surface area (Å²) in [6, 6.07) is 13.8. The minimum absolute atomic E-state index is 0.0215. The van der Waals surface area contributed by atoms with Gasteiger partial charge in [-0.25, -0.2) is 4.79 Å². The number of carbonyl (C=O) groups excluding carboxylic acids is 1. The maximum Gasteiger partial charge on any atom is 0.410 e. The van der Waals surface area contributed by atoms with E-state index in [0.717, 1.165) is 42.6 Å². The Morgan fingerprint density at radius 1 is 1.22 bits per heavy atom. The van der Waals surface area contributed by atoms with Crippen molar-refractivity contribution in [1.29, 1.82) is 0 Å². The maximum absolute atomic E-state index is 12.5. The van der Waals surface area contributed by atoms with E-state index < -0.39 is 0 Å². The fourth-order valence-corrected chi connectivity index (χ4v) is 3.08. The highest BCUT2D eigenvalue weighted by atomic mass is 16.6. The summed E-state index contributed by atoms with van der Waals surface area (Å²) >= 11 is 0. The molecule has 1 aromatic heterocycles. The first-order valence-corrected chi connectivity index (χ1v) is 8.14. The van der Waals surface area contributed by atoms with Gasteiger partial charge in [0.05, 0.1) is 11.7 Å². The average molecular weight is 310 g/mol. The molecule has 1 fully saturated rings. The van der Waals surface area contributed by atoms with Crippen molar-refractivity contribution in [1.82, 2.24) is 9.88 Å². The van der Waals surface area contributed by atoms with E-state index in [2.05, 4.69) is 4.98 Å². The Labute approximate surface area is 137 Å². The molecule has 1 aliphatic heterocycles. The number of nitrogens with zero attached hydrogens (tertiary/aromatic N) is 2. The van der Waals surface area contributed by atoms with Crippen molar-refractivity contribution in [2.45, 2.75) is 38.8 Å². The van der Waals surface area contributed by atoms with Crippen molar-refractivity contribution in [3.8, 4) is 0 Å². The molecule has 0 unspecified atom stereocenters. The number of likely N-dealkylation sites (tertiary alicyclic amines) is 1. The molecule has 4 heteroatoms. The lowest BCUT2D eigenvalue weighted by Crippen LogP contribution is -2.39. The molecule has 0 N–H and O–H groups in total. The number of hydrogen-bond acceptors (Lipinski definition) is 3. The van der Waals surface area contributed by atoms with Gasteiger partial charge in [0.25, 0.3) is 0 Å². The van der Waals surface area contributed by atoms with Crippen molar-refractivity contribution in [2.24, 2.45) is 0 Å². The first-order valence-electron chi connectivity index (χ1n) is 8.14. The standard InChI is InChI=1S/C19H22N2O2/c1-15-8-7-12-20-18(15)17-11-5-6-13-21(17)19(22)23-14-16-9-3-2-4-10-16/h2-4,7-10,12,17H,5-6,11,13-14H2,1H3/t17-/m0/s1. The number of rotatable bonds is 3. The van der Waals surface area contributed by atoms with Crippen LogP contribution in [-0.4, -0.2) is 22.5 Å². The molecule has 3 rings (SSSR count). The topological polar surface area (TPSA) is 42.4 Å². The molecule has 0 bridgehead atoms. The first kappa shape index (κ1) is 15.5. The van der Waals surface area contributed by atoms with Crippen LogP contribution in [0.5, 0.6) is 0 Å². The third kappa shape index (κ3) is 3.70. The predicted octanol–water partition coefficient (Wildman–Crippen LogP) is 4.25. The second-order valence-electron chi connectivity index (χ2n) is 5.95. The summed E-state index contributed by atoms with van der Waals surface area (Å²) in [5.41, 5.74) is 3.12. The third-order valence-electron chi connectivity index (χ3n) is 4.31. The minimum Gasteiger partial charge on any atom is -0.445 e. The number of ether oxygens (including phenoxy) is 1. The van der Waals surface area contributed by atoms with E-state index in [1.54, 1.807) is 6.20 Å². The molecule has 0 spiro atoms. The molecule has 2 aromatic rings. The summed E-state index contributed by atoms with van der Waals surface area (Å²) in [4.78, 5) is 18.9. The normalized spacial score (nSPS) is 17.8. The van der Waals surface area contributed by atoms with Gasteiger partial charge in [-0.1, -0.05) is 36.4 Å². The van der Waals surface area contributed by atoms with Crippen LogP contribution in [0.1, 0.15) is 42.1 Å². The highest BCUT2D eigenvalue weighted by molar-refractivity contribution is 5.68. The summed E-state index contributed by atoms with van der Waals surface area (Å²) in [6.07, 6.45) is 4.62. The van der Waals surface area contributed by atoms with Gasteiger partial charge in [-0.3, -0.25) is 9.88 Å². The molecular weight excluding hydrogens is 288 g/mol. The number of aryl methyl sites for hydroxylation is 1. The van der Waals surface area contributed by atoms with Gasteiger partial charge in [-0.2, -0.15) is 0 Å². The maximum atomic E-state index is 12.5. The van der Waals surface area contributed by atoms with Crippen molar-refractivity contribution >= 4 is 6.09 Å². The SMILES string of the molecule is Cc1cccnc1[C@@H]1CCCCN1C(=O)OCc1ccccc1. The van der Waals surface area contributed by atoms with Crippen LogP contribution in [0, 0.1) is 6.92 Å². The largest absolute Gasteiger partial charge is 0.445 e. The number of aromatic nitrogens is 1. The quantitative estimate of drug-likeness (QED) is 0.851. The van der Waals surface area contributed by atoms with Gasteiger partial charge in [0, 0.05) is 12.7 Å². The molecule has 1 atom stereocenters. The van der Waals surface area contributed by atoms with Gasteiger partial charge >= 0.3 is 6.09 Å².